The predicted octanol–water partition coefficient (Wildman–Crippen LogP) is 2.05. The van der Waals surface area contributed by atoms with Crippen molar-refractivity contribution in [2.75, 3.05) is 14.2 Å². The monoisotopic (exact) mass is 267 g/mol. The number of carboxylic acid groups (broad SMARTS) is 1. The first-order chi connectivity index (χ1) is 9.12. The Morgan fingerprint density at radius 3 is 2.74 bits per heavy atom. The topological polar surface area (TPSA) is 67.8 Å². The van der Waals surface area contributed by atoms with Gasteiger partial charge in [0.2, 0.25) is 0 Å². The van der Waals surface area contributed by atoms with Crippen LogP contribution in [0, 0.1) is 0 Å². The minimum Gasteiger partial charge on any atom is -0.497 e. The van der Waals surface area contributed by atoms with Crippen molar-refractivity contribution >= 4 is 5.97 Å². The molecule has 1 atom stereocenters. The van der Waals surface area contributed by atoms with Crippen molar-refractivity contribution < 1.29 is 19.4 Å². The highest BCUT2D eigenvalue weighted by molar-refractivity contribution is 5.72. The van der Waals surface area contributed by atoms with E-state index in [1.54, 1.807) is 19.2 Å². The van der Waals surface area contributed by atoms with Crippen LogP contribution in [0.5, 0.6) is 11.5 Å². The van der Waals surface area contributed by atoms with Crippen LogP contribution in [0.3, 0.4) is 0 Å². The minimum absolute atomic E-state index is 0.486. The predicted molar refractivity (Wildman–Crippen MR) is 72.7 cm³/mol. The maximum absolute atomic E-state index is 11.1. The molecule has 1 aromatic carbocycles. The SMILES string of the molecule is CCCC(Oc1ccc(OC)cc1CNC)C(=O)O. The molecule has 0 aliphatic rings. The molecule has 0 fully saturated rings. The van der Waals surface area contributed by atoms with Gasteiger partial charge in [-0.15, -0.1) is 0 Å². The van der Waals surface area contributed by atoms with E-state index < -0.39 is 12.1 Å². The van der Waals surface area contributed by atoms with Gasteiger partial charge < -0.3 is 19.9 Å². The van der Waals surface area contributed by atoms with E-state index in [9.17, 15) is 4.79 Å². The highest BCUT2D eigenvalue weighted by Gasteiger charge is 2.19. The van der Waals surface area contributed by atoms with E-state index in [0.29, 0.717) is 18.7 Å². The molecule has 1 rings (SSSR count). The summed E-state index contributed by atoms with van der Waals surface area (Å²) in [7, 11) is 3.42. The molecule has 1 aromatic rings. The highest BCUT2D eigenvalue weighted by atomic mass is 16.5. The lowest BCUT2D eigenvalue weighted by atomic mass is 10.1. The van der Waals surface area contributed by atoms with E-state index in [1.807, 2.05) is 20.0 Å². The number of rotatable bonds is 8. The number of nitrogens with one attached hydrogen (secondary N) is 1. The summed E-state index contributed by atoms with van der Waals surface area (Å²) in [6.07, 6.45) is 0.434. The summed E-state index contributed by atoms with van der Waals surface area (Å²) in [5, 5.41) is 12.1. The summed E-state index contributed by atoms with van der Waals surface area (Å²) >= 11 is 0. The maximum Gasteiger partial charge on any atom is 0.344 e. The van der Waals surface area contributed by atoms with Crippen LogP contribution in [0.1, 0.15) is 25.3 Å². The van der Waals surface area contributed by atoms with Crippen molar-refractivity contribution in [3.63, 3.8) is 0 Å². The molecule has 5 nitrogen and oxygen atoms in total. The second kappa shape index (κ2) is 7.63. The largest absolute Gasteiger partial charge is 0.497 e. The average Bonchev–Trinajstić information content (AvgIpc) is 2.40. The number of hydrogen-bond acceptors (Lipinski definition) is 4. The lowest BCUT2D eigenvalue weighted by Crippen LogP contribution is -2.27. The molecule has 0 amide bonds. The van der Waals surface area contributed by atoms with Crippen LogP contribution in [0.2, 0.25) is 0 Å². The van der Waals surface area contributed by atoms with Gasteiger partial charge in [-0.3, -0.25) is 0 Å². The lowest BCUT2D eigenvalue weighted by molar-refractivity contribution is -0.145. The van der Waals surface area contributed by atoms with Crippen molar-refractivity contribution in [3.05, 3.63) is 23.8 Å². The summed E-state index contributed by atoms with van der Waals surface area (Å²) in [6.45, 7) is 2.52. The molecule has 0 aliphatic carbocycles. The molecule has 0 aliphatic heterocycles. The van der Waals surface area contributed by atoms with Gasteiger partial charge >= 0.3 is 5.97 Å². The fraction of sp³-hybridized carbons (Fsp3) is 0.500. The van der Waals surface area contributed by atoms with Gasteiger partial charge in [0.15, 0.2) is 6.10 Å². The Morgan fingerprint density at radius 1 is 1.47 bits per heavy atom. The third kappa shape index (κ3) is 4.44. The summed E-state index contributed by atoms with van der Waals surface area (Å²) in [6, 6.07) is 5.35. The zero-order valence-corrected chi connectivity index (χ0v) is 11.6. The zero-order chi connectivity index (χ0) is 14.3. The third-order valence-corrected chi connectivity index (χ3v) is 2.73. The molecule has 0 heterocycles. The molecular formula is C14H21NO4. The number of aliphatic carboxylic acids is 1. The van der Waals surface area contributed by atoms with Crippen LogP contribution >= 0.6 is 0 Å². The Balaban J connectivity index is 2.94. The Labute approximate surface area is 113 Å². The van der Waals surface area contributed by atoms with Crippen LogP contribution in [0.15, 0.2) is 18.2 Å². The van der Waals surface area contributed by atoms with Gasteiger partial charge in [-0.25, -0.2) is 4.79 Å². The maximum atomic E-state index is 11.1. The Bertz CT molecular complexity index is 420. The van der Waals surface area contributed by atoms with Gasteiger partial charge in [-0.1, -0.05) is 13.3 Å². The van der Waals surface area contributed by atoms with E-state index in [1.165, 1.54) is 0 Å². The first-order valence-electron chi connectivity index (χ1n) is 6.33. The first kappa shape index (κ1) is 15.3. The number of carbonyl (C=O) groups is 1. The Hall–Kier alpha value is -1.75. The molecule has 106 valence electrons. The van der Waals surface area contributed by atoms with Gasteiger partial charge in [-0.2, -0.15) is 0 Å². The van der Waals surface area contributed by atoms with Crippen LogP contribution in [-0.2, 0) is 11.3 Å². The van der Waals surface area contributed by atoms with Crippen molar-refractivity contribution in [1.29, 1.82) is 0 Å². The Morgan fingerprint density at radius 2 is 2.21 bits per heavy atom. The smallest absolute Gasteiger partial charge is 0.344 e. The fourth-order valence-electron chi connectivity index (χ4n) is 1.77. The number of methoxy groups -OCH3 is 1. The summed E-state index contributed by atoms with van der Waals surface area (Å²) in [5.74, 6) is 0.365. The second-order valence-corrected chi connectivity index (χ2v) is 4.24. The molecule has 0 radical (unpaired) electrons. The van der Waals surface area contributed by atoms with Crippen molar-refractivity contribution in [2.45, 2.75) is 32.4 Å². The number of hydrogen-bond donors (Lipinski definition) is 2. The molecule has 2 N–H and O–H groups in total. The summed E-state index contributed by atoms with van der Waals surface area (Å²) in [4.78, 5) is 11.1. The summed E-state index contributed by atoms with van der Waals surface area (Å²) < 4.78 is 10.8. The minimum atomic E-state index is -0.937. The van der Waals surface area contributed by atoms with E-state index >= 15 is 0 Å². The molecule has 0 bridgehead atoms. The Kier molecular flexibility index (Phi) is 6.15. The molecule has 0 spiro atoms. The molecular weight excluding hydrogens is 246 g/mol. The average molecular weight is 267 g/mol. The number of ether oxygens (including phenoxy) is 2. The lowest BCUT2D eigenvalue weighted by Gasteiger charge is -2.17. The first-order valence-corrected chi connectivity index (χ1v) is 6.33. The molecule has 19 heavy (non-hydrogen) atoms. The number of carboxylic acids is 1. The van der Waals surface area contributed by atoms with E-state index in [4.69, 9.17) is 14.6 Å². The van der Waals surface area contributed by atoms with Gasteiger partial charge in [-0.05, 0) is 31.7 Å². The van der Waals surface area contributed by atoms with Crippen molar-refractivity contribution in [3.8, 4) is 11.5 Å². The van der Waals surface area contributed by atoms with Gasteiger partial charge in [0.1, 0.15) is 11.5 Å². The van der Waals surface area contributed by atoms with Gasteiger partial charge in [0.25, 0.3) is 0 Å². The molecule has 1 unspecified atom stereocenters. The number of benzene rings is 1. The van der Waals surface area contributed by atoms with E-state index in [2.05, 4.69) is 5.32 Å². The van der Waals surface area contributed by atoms with Crippen LogP contribution < -0.4 is 14.8 Å². The summed E-state index contributed by atoms with van der Waals surface area (Å²) in [5.41, 5.74) is 0.879. The van der Waals surface area contributed by atoms with E-state index in [-0.39, 0.29) is 0 Å². The highest BCUT2D eigenvalue weighted by Crippen LogP contribution is 2.25. The molecule has 0 saturated heterocycles. The standard InChI is InChI=1S/C14H21NO4/c1-4-5-13(14(16)17)19-12-7-6-11(18-3)8-10(12)9-15-2/h6-8,13,15H,4-5,9H2,1-3H3,(H,16,17). The molecule has 0 aromatic heterocycles. The van der Waals surface area contributed by atoms with Gasteiger partial charge in [0, 0.05) is 12.1 Å². The third-order valence-electron chi connectivity index (χ3n) is 2.73. The quantitative estimate of drug-likeness (QED) is 0.754. The second-order valence-electron chi connectivity index (χ2n) is 4.24. The van der Waals surface area contributed by atoms with Crippen LogP contribution in [-0.4, -0.2) is 31.3 Å². The van der Waals surface area contributed by atoms with Gasteiger partial charge in [0.05, 0.1) is 7.11 Å². The van der Waals surface area contributed by atoms with Crippen LogP contribution in [0.25, 0.3) is 0 Å². The van der Waals surface area contributed by atoms with Crippen LogP contribution in [0.4, 0.5) is 0 Å². The molecule has 5 heteroatoms. The van der Waals surface area contributed by atoms with Crippen molar-refractivity contribution in [2.24, 2.45) is 0 Å². The fourth-order valence-corrected chi connectivity index (χ4v) is 1.77. The van der Waals surface area contributed by atoms with Crippen molar-refractivity contribution in [1.82, 2.24) is 5.32 Å². The zero-order valence-electron chi connectivity index (χ0n) is 11.6. The van der Waals surface area contributed by atoms with E-state index in [0.717, 1.165) is 17.7 Å². The molecule has 0 saturated carbocycles. The normalized spacial score (nSPS) is 11.9.